The van der Waals surface area contributed by atoms with Gasteiger partial charge in [-0.3, -0.25) is 24.1 Å². The fourth-order valence-corrected chi connectivity index (χ4v) is 6.33. The summed E-state index contributed by atoms with van der Waals surface area (Å²) in [7, 11) is 6.58. The fraction of sp³-hybridized carbons (Fsp3) is 0.517. The summed E-state index contributed by atoms with van der Waals surface area (Å²) in [6.07, 6.45) is 0.117. The largest absolute Gasteiger partial charge is 0.508 e. The topological polar surface area (TPSA) is 206 Å². The Hall–Kier alpha value is -3.94. The molecule has 0 bridgehead atoms. The smallest absolute Gasteiger partial charge is 0.255 e. The Kier molecular flexibility index (Phi) is 7.68. The minimum Gasteiger partial charge on any atom is -0.508 e. The van der Waals surface area contributed by atoms with Gasteiger partial charge in [0, 0.05) is 36.8 Å². The Morgan fingerprint density at radius 1 is 1.12 bits per heavy atom. The second kappa shape index (κ2) is 10.4. The van der Waals surface area contributed by atoms with Gasteiger partial charge in [-0.25, -0.2) is 0 Å². The number of Topliss-reactive ketones (excluding diaryl/α,β-unsaturated/α-hetero) is 2. The number of nitrogens with two attached hydrogens (primary N) is 1. The SMILES string of the molecule is CN(C)c1cc(NC(=O)CNC(C)(C)C)c(O)c2c1C[C@H]1C[C@@H]3[C@H](N(C)C)C(=O)C(C(N)=O)=C(O)[C@]3(O)C(=O)C1=C2O. The van der Waals surface area contributed by atoms with E-state index in [1.807, 2.05) is 20.8 Å². The van der Waals surface area contributed by atoms with Crippen molar-refractivity contribution in [2.24, 2.45) is 17.6 Å². The van der Waals surface area contributed by atoms with Crippen LogP contribution in [0.4, 0.5) is 11.4 Å². The number of primary amides is 1. The Labute approximate surface area is 243 Å². The van der Waals surface area contributed by atoms with E-state index in [0.717, 1.165) is 0 Å². The molecule has 0 radical (unpaired) electrons. The lowest BCUT2D eigenvalue weighted by molar-refractivity contribution is -0.153. The highest BCUT2D eigenvalue weighted by molar-refractivity contribution is 6.24. The molecule has 0 aliphatic heterocycles. The first-order valence-electron chi connectivity index (χ1n) is 13.6. The Bertz CT molecular complexity index is 1450. The van der Waals surface area contributed by atoms with Gasteiger partial charge in [0.05, 0.1) is 23.8 Å². The standard InChI is InChI=1S/C29H39N5O8/c1-28(2,3)31-11-17(35)32-15-10-16(33(4)5)13-8-12-9-14-21(34(6)7)24(38)20(27(30)41)26(40)29(14,42)25(39)18(12)23(37)19(13)22(15)36/h10,12,14,21,31,36-37,40,42H,8-9,11H2,1-7H3,(H2,30,41)(H,32,35)/t12-,14+,21-,29+/m0/s1. The maximum Gasteiger partial charge on any atom is 0.255 e. The van der Waals surface area contributed by atoms with Crippen molar-refractivity contribution in [2.75, 3.05) is 45.0 Å². The van der Waals surface area contributed by atoms with Gasteiger partial charge in [0.1, 0.15) is 22.8 Å². The number of aromatic hydroxyl groups is 1. The molecule has 0 aromatic heterocycles. The summed E-state index contributed by atoms with van der Waals surface area (Å²) in [5, 5.41) is 51.3. The minimum atomic E-state index is -2.73. The lowest BCUT2D eigenvalue weighted by atomic mass is 9.57. The number of phenolic OH excluding ortho intramolecular Hbond substituents is 1. The summed E-state index contributed by atoms with van der Waals surface area (Å²) in [6.45, 7) is 5.62. The number of anilines is 2. The lowest BCUT2D eigenvalue weighted by Crippen LogP contribution is -2.65. The molecule has 0 saturated heterocycles. The third-order valence-electron chi connectivity index (χ3n) is 8.23. The van der Waals surface area contributed by atoms with Crippen molar-refractivity contribution >= 4 is 40.5 Å². The summed E-state index contributed by atoms with van der Waals surface area (Å²) >= 11 is 0. The van der Waals surface area contributed by atoms with Gasteiger partial charge in [0.2, 0.25) is 11.7 Å². The first kappa shape index (κ1) is 31.0. The molecule has 13 heteroatoms. The van der Waals surface area contributed by atoms with Crippen LogP contribution in [0.5, 0.6) is 5.75 Å². The number of aliphatic hydroxyl groups is 3. The number of likely N-dealkylation sites (N-methyl/N-ethyl adjacent to an activating group) is 1. The molecule has 3 aliphatic rings. The van der Waals surface area contributed by atoms with Crippen LogP contribution in [0.15, 0.2) is 23.0 Å². The van der Waals surface area contributed by atoms with Crippen LogP contribution in [0.3, 0.4) is 0 Å². The van der Waals surface area contributed by atoms with Crippen molar-refractivity contribution < 1.29 is 39.6 Å². The third-order valence-corrected chi connectivity index (χ3v) is 8.23. The van der Waals surface area contributed by atoms with Crippen LogP contribution < -0.4 is 21.3 Å². The molecule has 0 unspecified atom stereocenters. The molecule has 1 fully saturated rings. The second-order valence-corrected chi connectivity index (χ2v) is 12.7. The summed E-state index contributed by atoms with van der Waals surface area (Å²) in [5.74, 6) is -7.79. The summed E-state index contributed by atoms with van der Waals surface area (Å²) in [5.41, 5.74) is 2.11. The van der Waals surface area contributed by atoms with Crippen LogP contribution in [-0.2, 0) is 25.6 Å². The van der Waals surface area contributed by atoms with Crippen molar-refractivity contribution in [3.05, 3.63) is 34.1 Å². The van der Waals surface area contributed by atoms with Gasteiger partial charge < -0.3 is 41.7 Å². The second-order valence-electron chi connectivity index (χ2n) is 12.7. The highest BCUT2D eigenvalue weighted by Crippen LogP contribution is 2.54. The number of carbonyl (C=O) groups excluding carboxylic acids is 4. The molecule has 2 amide bonds. The predicted octanol–water partition coefficient (Wildman–Crippen LogP) is 0.357. The number of amides is 2. The van der Waals surface area contributed by atoms with E-state index in [2.05, 4.69) is 10.6 Å². The van der Waals surface area contributed by atoms with Crippen molar-refractivity contribution in [2.45, 2.75) is 50.8 Å². The van der Waals surface area contributed by atoms with Crippen LogP contribution in [0.2, 0.25) is 0 Å². The van der Waals surface area contributed by atoms with Gasteiger partial charge in [-0.1, -0.05) is 0 Å². The predicted molar refractivity (Wildman–Crippen MR) is 155 cm³/mol. The van der Waals surface area contributed by atoms with Crippen LogP contribution in [0.25, 0.3) is 5.76 Å². The number of fused-ring (bicyclic) bond motifs is 3. The maximum atomic E-state index is 14.0. The van der Waals surface area contributed by atoms with Gasteiger partial charge in [0.15, 0.2) is 11.4 Å². The number of ketones is 2. The van der Waals surface area contributed by atoms with E-state index in [4.69, 9.17) is 5.73 Å². The molecule has 13 nitrogen and oxygen atoms in total. The van der Waals surface area contributed by atoms with Crippen molar-refractivity contribution in [3.63, 3.8) is 0 Å². The molecule has 228 valence electrons. The van der Waals surface area contributed by atoms with Gasteiger partial charge in [0.25, 0.3) is 5.91 Å². The number of nitrogens with one attached hydrogen (secondary N) is 2. The van der Waals surface area contributed by atoms with Gasteiger partial charge >= 0.3 is 0 Å². The summed E-state index contributed by atoms with van der Waals surface area (Å²) in [4.78, 5) is 55.3. The molecule has 42 heavy (non-hydrogen) atoms. The number of aliphatic hydroxyl groups excluding tert-OH is 2. The molecule has 4 atom stereocenters. The van der Waals surface area contributed by atoms with Crippen LogP contribution in [0, 0.1) is 11.8 Å². The van der Waals surface area contributed by atoms with E-state index < -0.39 is 69.7 Å². The average Bonchev–Trinajstić information content (AvgIpc) is 2.85. The van der Waals surface area contributed by atoms with Gasteiger partial charge in [-0.15, -0.1) is 0 Å². The van der Waals surface area contributed by atoms with E-state index in [9.17, 15) is 39.6 Å². The first-order chi connectivity index (χ1) is 19.3. The van der Waals surface area contributed by atoms with Gasteiger partial charge in [-0.2, -0.15) is 0 Å². The fourth-order valence-electron chi connectivity index (χ4n) is 6.33. The van der Waals surface area contributed by atoms with Gasteiger partial charge in [-0.05, 0) is 65.3 Å². The van der Waals surface area contributed by atoms with Crippen LogP contribution in [-0.4, -0.2) is 101 Å². The molecule has 0 spiro atoms. The van der Waals surface area contributed by atoms with Crippen LogP contribution in [0.1, 0.15) is 38.3 Å². The highest BCUT2D eigenvalue weighted by atomic mass is 16.3. The monoisotopic (exact) mass is 585 g/mol. The lowest BCUT2D eigenvalue weighted by Gasteiger charge is -2.50. The molecule has 3 aliphatic carbocycles. The number of hydrogen-bond acceptors (Lipinski definition) is 11. The third kappa shape index (κ3) is 4.80. The average molecular weight is 586 g/mol. The molecule has 0 heterocycles. The maximum absolute atomic E-state index is 14.0. The number of benzene rings is 1. The number of nitrogens with zero attached hydrogens (tertiary/aromatic N) is 2. The molecular weight excluding hydrogens is 546 g/mol. The molecule has 1 aromatic carbocycles. The summed E-state index contributed by atoms with van der Waals surface area (Å²) < 4.78 is 0. The Morgan fingerprint density at radius 2 is 1.74 bits per heavy atom. The molecular formula is C29H39N5O8. The summed E-state index contributed by atoms with van der Waals surface area (Å²) in [6, 6.07) is 0.409. The molecule has 4 rings (SSSR count). The quantitative estimate of drug-likeness (QED) is 0.179. The Balaban J connectivity index is 1.89. The molecule has 8 N–H and O–H groups in total. The number of rotatable bonds is 6. The molecule has 1 aromatic rings. The first-order valence-corrected chi connectivity index (χ1v) is 13.6. The van der Waals surface area contributed by atoms with Crippen LogP contribution >= 0.6 is 0 Å². The zero-order valence-electron chi connectivity index (χ0n) is 24.8. The van der Waals surface area contributed by atoms with E-state index >= 15 is 0 Å². The minimum absolute atomic E-state index is 0.00158. The highest BCUT2D eigenvalue weighted by Gasteiger charge is 2.64. The van der Waals surface area contributed by atoms with E-state index in [0.29, 0.717) is 11.3 Å². The van der Waals surface area contributed by atoms with Crippen molar-refractivity contribution in [1.29, 1.82) is 0 Å². The molecule has 1 saturated carbocycles. The van der Waals surface area contributed by atoms with Crippen molar-refractivity contribution in [1.82, 2.24) is 10.2 Å². The van der Waals surface area contributed by atoms with E-state index in [-0.39, 0.29) is 41.7 Å². The Morgan fingerprint density at radius 3 is 2.26 bits per heavy atom. The van der Waals surface area contributed by atoms with E-state index in [1.165, 1.54) is 4.90 Å². The van der Waals surface area contributed by atoms with E-state index in [1.54, 1.807) is 39.2 Å². The van der Waals surface area contributed by atoms with Crippen molar-refractivity contribution in [3.8, 4) is 5.75 Å². The number of phenols is 1. The normalized spacial score (nSPS) is 25.7. The zero-order valence-corrected chi connectivity index (χ0v) is 24.8. The number of hydrogen-bond donors (Lipinski definition) is 7. The zero-order chi connectivity index (χ0) is 31.6. The number of carbonyl (C=O) groups is 4.